The van der Waals surface area contributed by atoms with Crippen LogP contribution in [0.1, 0.15) is 11.1 Å². The van der Waals surface area contributed by atoms with Crippen molar-refractivity contribution in [2.45, 2.75) is 13.0 Å². The van der Waals surface area contributed by atoms with Crippen LogP contribution in [0, 0.1) is 0 Å². The monoisotopic (exact) mass is 324 g/mol. The van der Waals surface area contributed by atoms with Crippen LogP contribution in [-0.2, 0) is 17.7 Å². The minimum absolute atomic E-state index is 0.899. The predicted molar refractivity (Wildman–Crippen MR) is 80.4 cm³/mol. The maximum absolute atomic E-state index is 5.39. The fraction of sp³-hybridized carbons (Fsp3) is 0.600. The standard InChI is InChI=1S/C15H21BrN2O/c16-15-2-1-13-3-4-18(12-14(13)11-15)6-5-17-7-9-19-10-8-17/h1-2,11H,3-10,12H2. The van der Waals surface area contributed by atoms with Crippen molar-refractivity contribution in [3.05, 3.63) is 33.8 Å². The molecule has 0 atom stereocenters. The van der Waals surface area contributed by atoms with E-state index in [1.807, 2.05) is 0 Å². The summed E-state index contributed by atoms with van der Waals surface area (Å²) in [6.45, 7) is 8.62. The number of ether oxygens (including phenoxy) is 1. The Bertz CT molecular complexity index is 432. The summed E-state index contributed by atoms with van der Waals surface area (Å²) in [5, 5.41) is 0. The van der Waals surface area contributed by atoms with Crippen LogP contribution in [0.5, 0.6) is 0 Å². The van der Waals surface area contributed by atoms with Gasteiger partial charge in [0.2, 0.25) is 0 Å². The summed E-state index contributed by atoms with van der Waals surface area (Å²) >= 11 is 3.57. The Labute approximate surface area is 123 Å². The molecule has 1 aromatic rings. The molecule has 0 spiro atoms. The summed E-state index contributed by atoms with van der Waals surface area (Å²) < 4.78 is 6.59. The number of halogens is 1. The minimum atomic E-state index is 0.899. The molecule has 0 amide bonds. The molecule has 1 saturated heterocycles. The number of rotatable bonds is 3. The van der Waals surface area contributed by atoms with E-state index in [0.29, 0.717) is 0 Å². The molecule has 0 unspecified atom stereocenters. The highest BCUT2D eigenvalue weighted by atomic mass is 79.9. The smallest absolute Gasteiger partial charge is 0.0594 e. The van der Waals surface area contributed by atoms with Crippen LogP contribution in [0.15, 0.2) is 22.7 Å². The fourth-order valence-electron chi connectivity index (χ4n) is 2.88. The van der Waals surface area contributed by atoms with Crippen LogP contribution in [0.3, 0.4) is 0 Å². The third kappa shape index (κ3) is 3.57. The van der Waals surface area contributed by atoms with Crippen molar-refractivity contribution >= 4 is 15.9 Å². The molecule has 2 aliphatic rings. The summed E-state index contributed by atoms with van der Waals surface area (Å²) in [5.41, 5.74) is 3.01. The van der Waals surface area contributed by atoms with Gasteiger partial charge in [-0.1, -0.05) is 22.0 Å². The molecule has 3 rings (SSSR count). The fourth-order valence-corrected chi connectivity index (χ4v) is 3.29. The summed E-state index contributed by atoms with van der Waals surface area (Å²) in [5.74, 6) is 0. The first-order chi connectivity index (χ1) is 9.31. The molecule has 19 heavy (non-hydrogen) atoms. The summed E-state index contributed by atoms with van der Waals surface area (Å²) in [6, 6.07) is 6.69. The van der Waals surface area contributed by atoms with Crippen LogP contribution in [-0.4, -0.2) is 55.7 Å². The molecule has 3 nitrogen and oxygen atoms in total. The zero-order chi connectivity index (χ0) is 13.1. The van der Waals surface area contributed by atoms with Crippen molar-refractivity contribution in [3.63, 3.8) is 0 Å². The van der Waals surface area contributed by atoms with Crippen LogP contribution in [0.4, 0.5) is 0 Å². The normalized spacial score (nSPS) is 21.3. The first-order valence-electron chi connectivity index (χ1n) is 7.11. The van der Waals surface area contributed by atoms with Crippen molar-refractivity contribution in [2.24, 2.45) is 0 Å². The molecule has 1 fully saturated rings. The molecule has 0 N–H and O–H groups in total. The Balaban J connectivity index is 1.53. The average molecular weight is 325 g/mol. The van der Waals surface area contributed by atoms with Gasteiger partial charge in [0.05, 0.1) is 13.2 Å². The molecule has 2 heterocycles. The van der Waals surface area contributed by atoms with Crippen LogP contribution < -0.4 is 0 Å². The second-order valence-electron chi connectivity index (χ2n) is 5.39. The van der Waals surface area contributed by atoms with E-state index in [2.05, 4.69) is 43.9 Å². The zero-order valence-electron chi connectivity index (χ0n) is 11.3. The van der Waals surface area contributed by atoms with Crippen LogP contribution in [0.25, 0.3) is 0 Å². The third-order valence-corrected chi connectivity index (χ3v) is 4.59. The van der Waals surface area contributed by atoms with Gasteiger partial charge in [-0.05, 0) is 29.7 Å². The number of hydrogen-bond acceptors (Lipinski definition) is 3. The second kappa shape index (κ2) is 6.35. The Hall–Kier alpha value is -0.420. The van der Waals surface area contributed by atoms with Gasteiger partial charge in [-0.2, -0.15) is 0 Å². The molecular weight excluding hydrogens is 304 g/mol. The Morgan fingerprint density at radius 2 is 1.79 bits per heavy atom. The molecule has 0 aliphatic carbocycles. The first kappa shape index (κ1) is 13.6. The van der Waals surface area contributed by atoms with Gasteiger partial charge in [0.25, 0.3) is 0 Å². The average Bonchev–Trinajstić information content (AvgIpc) is 2.46. The van der Waals surface area contributed by atoms with Gasteiger partial charge in [-0.3, -0.25) is 9.80 Å². The molecule has 0 saturated carbocycles. The molecule has 4 heteroatoms. The molecule has 104 valence electrons. The van der Waals surface area contributed by atoms with Gasteiger partial charge >= 0.3 is 0 Å². The van der Waals surface area contributed by atoms with Crippen LogP contribution in [0.2, 0.25) is 0 Å². The predicted octanol–water partition coefficient (Wildman–Crippen LogP) is 2.14. The Morgan fingerprint density at radius 3 is 2.63 bits per heavy atom. The van der Waals surface area contributed by atoms with E-state index in [4.69, 9.17) is 4.74 Å². The molecule has 0 bridgehead atoms. The van der Waals surface area contributed by atoms with E-state index >= 15 is 0 Å². The lowest BCUT2D eigenvalue weighted by molar-refractivity contribution is 0.0327. The summed E-state index contributed by atoms with van der Waals surface area (Å²) in [7, 11) is 0. The Morgan fingerprint density at radius 1 is 1.00 bits per heavy atom. The topological polar surface area (TPSA) is 15.7 Å². The maximum Gasteiger partial charge on any atom is 0.0594 e. The van der Waals surface area contributed by atoms with E-state index in [1.54, 1.807) is 0 Å². The van der Waals surface area contributed by atoms with E-state index in [9.17, 15) is 0 Å². The summed E-state index contributed by atoms with van der Waals surface area (Å²) in [4.78, 5) is 5.09. The molecule has 0 radical (unpaired) electrons. The van der Waals surface area contributed by atoms with E-state index in [-0.39, 0.29) is 0 Å². The number of benzene rings is 1. The number of hydrogen-bond donors (Lipinski definition) is 0. The lowest BCUT2D eigenvalue weighted by Gasteiger charge is -2.32. The summed E-state index contributed by atoms with van der Waals surface area (Å²) in [6.07, 6.45) is 1.19. The van der Waals surface area contributed by atoms with E-state index in [1.165, 1.54) is 41.7 Å². The highest BCUT2D eigenvalue weighted by molar-refractivity contribution is 9.10. The zero-order valence-corrected chi connectivity index (χ0v) is 12.9. The highest BCUT2D eigenvalue weighted by Gasteiger charge is 2.17. The quantitative estimate of drug-likeness (QED) is 0.847. The van der Waals surface area contributed by atoms with Gasteiger partial charge < -0.3 is 4.74 Å². The molecular formula is C15H21BrN2O. The van der Waals surface area contributed by atoms with Crippen molar-refractivity contribution in [1.29, 1.82) is 0 Å². The Kier molecular flexibility index (Phi) is 4.53. The molecule has 2 aliphatic heterocycles. The van der Waals surface area contributed by atoms with Gasteiger partial charge in [0.1, 0.15) is 0 Å². The largest absolute Gasteiger partial charge is 0.379 e. The van der Waals surface area contributed by atoms with Gasteiger partial charge in [-0.15, -0.1) is 0 Å². The SMILES string of the molecule is Brc1ccc2c(c1)CN(CCN1CCOCC1)CC2. The number of fused-ring (bicyclic) bond motifs is 1. The molecule has 0 aromatic heterocycles. The first-order valence-corrected chi connectivity index (χ1v) is 7.90. The third-order valence-electron chi connectivity index (χ3n) is 4.10. The van der Waals surface area contributed by atoms with Crippen molar-refractivity contribution in [3.8, 4) is 0 Å². The lowest BCUT2D eigenvalue weighted by atomic mass is 10.00. The van der Waals surface area contributed by atoms with Gasteiger partial charge in [0.15, 0.2) is 0 Å². The van der Waals surface area contributed by atoms with Gasteiger partial charge in [0, 0.05) is 43.7 Å². The lowest BCUT2D eigenvalue weighted by Crippen LogP contribution is -2.42. The number of morpholine rings is 1. The van der Waals surface area contributed by atoms with Crippen molar-refractivity contribution in [2.75, 3.05) is 45.9 Å². The van der Waals surface area contributed by atoms with Gasteiger partial charge in [-0.25, -0.2) is 0 Å². The van der Waals surface area contributed by atoms with Crippen LogP contribution >= 0.6 is 15.9 Å². The molecule has 1 aromatic carbocycles. The van der Waals surface area contributed by atoms with Crippen molar-refractivity contribution < 1.29 is 4.74 Å². The highest BCUT2D eigenvalue weighted by Crippen LogP contribution is 2.22. The maximum atomic E-state index is 5.39. The second-order valence-corrected chi connectivity index (χ2v) is 6.31. The number of nitrogens with zero attached hydrogens (tertiary/aromatic N) is 2. The minimum Gasteiger partial charge on any atom is -0.379 e. The van der Waals surface area contributed by atoms with Crippen molar-refractivity contribution in [1.82, 2.24) is 9.80 Å². The van der Waals surface area contributed by atoms with E-state index < -0.39 is 0 Å². The van der Waals surface area contributed by atoms with E-state index in [0.717, 1.165) is 32.8 Å².